The molecule has 2 aromatic carbocycles. The molecule has 6 heteroatoms. The van der Waals surface area contributed by atoms with Crippen molar-refractivity contribution in [3.8, 4) is 0 Å². The van der Waals surface area contributed by atoms with Gasteiger partial charge in [-0.1, -0.05) is 18.2 Å². The Morgan fingerprint density at radius 3 is 2.62 bits per heavy atom. The van der Waals surface area contributed by atoms with Gasteiger partial charge < -0.3 is 15.3 Å². The quantitative estimate of drug-likeness (QED) is 0.853. The number of carbonyl (C=O) groups excluding carboxylic acids is 1. The maximum Gasteiger partial charge on any atom is 0.242 e. The SMILES string of the molecule is C[C@@H](c1ccc(F)c(F)c1)N(C)C(=O)CNc1cccc(CO)c1. The fourth-order valence-electron chi connectivity index (χ4n) is 2.29. The number of amides is 1. The second-order valence-corrected chi connectivity index (χ2v) is 5.57. The summed E-state index contributed by atoms with van der Waals surface area (Å²) in [6.07, 6.45) is 0. The van der Waals surface area contributed by atoms with Crippen molar-refractivity contribution in [3.63, 3.8) is 0 Å². The van der Waals surface area contributed by atoms with Crippen LogP contribution in [0, 0.1) is 11.6 Å². The number of nitrogens with zero attached hydrogens (tertiary/aromatic N) is 1. The third-order valence-electron chi connectivity index (χ3n) is 3.95. The fourth-order valence-corrected chi connectivity index (χ4v) is 2.29. The first kappa shape index (κ1) is 17.9. The summed E-state index contributed by atoms with van der Waals surface area (Å²) in [6, 6.07) is 10.3. The maximum absolute atomic E-state index is 13.3. The molecule has 0 heterocycles. The smallest absolute Gasteiger partial charge is 0.242 e. The van der Waals surface area contributed by atoms with Crippen LogP contribution in [0.2, 0.25) is 0 Å². The highest BCUT2D eigenvalue weighted by Gasteiger charge is 2.18. The lowest BCUT2D eigenvalue weighted by Crippen LogP contribution is -2.34. The average Bonchev–Trinajstić information content (AvgIpc) is 2.60. The highest BCUT2D eigenvalue weighted by Crippen LogP contribution is 2.21. The van der Waals surface area contributed by atoms with E-state index in [4.69, 9.17) is 5.11 Å². The molecule has 0 aliphatic rings. The summed E-state index contributed by atoms with van der Waals surface area (Å²) in [5.74, 6) is -2.04. The van der Waals surface area contributed by atoms with Gasteiger partial charge in [-0.15, -0.1) is 0 Å². The van der Waals surface area contributed by atoms with Gasteiger partial charge in [0.2, 0.25) is 5.91 Å². The van der Waals surface area contributed by atoms with Crippen molar-refractivity contribution in [1.82, 2.24) is 4.90 Å². The summed E-state index contributed by atoms with van der Waals surface area (Å²) in [7, 11) is 1.61. The van der Waals surface area contributed by atoms with Crippen LogP contribution in [0.5, 0.6) is 0 Å². The highest BCUT2D eigenvalue weighted by molar-refractivity contribution is 5.81. The number of nitrogens with one attached hydrogen (secondary N) is 1. The van der Waals surface area contributed by atoms with E-state index in [0.29, 0.717) is 5.56 Å². The number of carbonyl (C=O) groups is 1. The van der Waals surface area contributed by atoms with Crippen LogP contribution in [0.4, 0.5) is 14.5 Å². The molecule has 0 unspecified atom stereocenters. The van der Waals surface area contributed by atoms with Gasteiger partial charge in [0.05, 0.1) is 19.2 Å². The molecule has 2 rings (SSSR count). The predicted octanol–water partition coefficient (Wildman–Crippen LogP) is 3.09. The van der Waals surface area contributed by atoms with Crippen molar-refractivity contribution < 1.29 is 18.7 Å². The molecule has 0 fully saturated rings. The molecule has 2 aromatic rings. The first-order valence-corrected chi connectivity index (χ1v) is 7.56. The van der Waals surface area contributed by atoms with Crippen LogP contribution in [0.3, 0.4) is 0 Å². The topological polar surface area (TPSA) is 52.6 Å². The molecule has 0 bridgehead atoms. The minimum absolute atomic E-state index is 0.0550. The summed E-state index contributed by atoms with van der Waals surface area (Å²) in [4.78, 5) is 13.8. The lowest BCUT2D eigenvalue weighted by Gasteiger charge is -2.26. The molecule has 1 atom stereocenters. The van der Waals surface area contributed by atoms with E-state index in [1.807, 2.05) is 0 Å². The Balaban J connectivity index is 1.99. The average molecular weight is 334 g/mol. The Morgan fingerprint density at radius 2 is 1.96 bits per heavy atom. The highest BCUT2D eigenvalue weighted by atomic mass is 19.2. The van der Waals surface area contributed by atoms with Gasteiger partial charge in [-0.05, 0) is 42.3 Å². The van der Waals surface area contributed by atoms with Crippen LogP contribution in [0.15, 0.2) is 42.5 Å². The molecule has 0 saturated heterocycles. The van der Waals surface area contributed by atoms with Gasteiger partial charge in [0.1, 0.15) is 0 Å². The molecular formula is C18H20F2N2O2. The molecular weight excluding hydrogens is 314 g/mol. The van der Waals surface area contributed by atoms with Crippen molar-refractivity contribution in [1.29, 1.82) is 0 Å². The summed E-state index contributed by atoms with van der Waals surface area (Å²) in [5, 5.41) is 12.1. The van der Waals surface area contributed by atoms with Crippen molar-refractivity contribution in [2.24, 2.45) is 0 Å². The number of aliphatic hydroxyl groups is 1. The Bertz CT molecular complexity index is 722. The Morgan fingerprint density at radius 1 is 1.21 bits per heavy atom. The largest absolute Gasteiger partial charge is 0.392 e. The van der Waals surface area contributed by atoms with E-state index in [0.717, 1.165) is 23.4 Å². The van der Waals surface area contributed by atoms with E-state index in [-0.39, 0.29) is 19.1 Å². The second kappa shape index (κ2) is 7.88. The molecule has 24 heavy (non-hydrogen) atoms. The van der Waals surface area contributed by atoms with E-state index in [9.17, 15) is 13.6 Å². The van der Waals surface area contributed by atoms with Crippen molar-refractivity contribution in [2.75, 3.05) is 18.9 Å². The van der Waals surface area contributed by atoms with Gasteiger partial charge in [0, 0.05) is 12.7 Å². The monoisotopic (exact) mass is 334 g/mol. The van der Waals surface area contributed by atoms with E-state index in [1.54, 1.807) is 38.2 Å². The van der Waals surface area contributed by atoms with Crippen LogP contribution in [-0.4, -0.2) is 29.5 Å². The van der Waals surface area contributed by atoms with Gasteiger partial charge >= 0.3 is 0 Å². The van der Waals surface area contributed by atoms with Crippen LogP contribution in [-0.2, 0) is 11.4 Å². The minimum Gasteiger partial charge on any atom is -0.392 e. The molecule has 0 aromatic heterocycles. The summed E-state index contributed by atoms with van der Waals surface area (Å²) in [6.45, 7) is 1.73. The molecule has 0 aliphatic heterocycles. The third-order valence-corrected chi connectivity index (χ3v) is 3.95. The Kier molecular flexibility index (Phi) is 5.87. The van der Waals surface area contributed by atoms with E-state index in [1.165, 1.54) is 11.0 Å². The van der Waals surface area contributed by atoms with Crippen LogP contribution in [0.1, 0.15) is 24.1 Å². The van der Waals surface area contributed by atoms with Gasteiger partial charge in [-0.2, -0.15) is 0 Å². The summed E-state index contributed by atoms with van der Waals surface area (Å²) >= 11 is 0. The van der Waals surface area contributed by atoms with Gasteiger partial charge in [-0.3, -0.25) is 4.79 Å². The zero-order chi connectivity index (χ0) is 17.7. The van der Waals surface area contributed by atoms with E-state index in [2.05, 4.69) is 5.32 Å². The van der Waals surface area contributed by atoms with E-state index < -0.39 is 17.7 Å². The van der Waals surface area contributed by atoms with Crippen LogP contribution >= 0.6 is 0 Å². The zero-order valence-corrected chi connectivity index (χ0v) is 13.6. The normalized spacial score (nSPS) is 11.9. The fraction of sp³-hybridized carbons (Fsp3) is 0.278. The molecule has 0 aliphatic carbocycles. The molecule has 0 spiro atoms. The second-order valence-electron chi connectivity index (χ2n) is 5.57. The van der Waals surface area contributed by atoms with Crippen molar-refractivity contribution >= 4 is 11.6 Å². The number of rotatable bonds is 6. The number of halogens is 2. The molecule has 128 valence electrons. The molecule has 0 saturated carbocycles. The predicted molar refractivity (Wildman–Crippen MR) is 88.4 cm³/mol. The van der Waals surface area contributed by atoms with Crippen LogP contribution < -0.4 is 5.32 Å². The van der Waals surface area contributed by atoms with Crippen molar-refractivity contribution in [3.05, 3.63) is 65.2 Å². The standard InChI is InChI=1S/C18H20F2N2O2/c1-12(14-6-7-16(19)17(20)9-14)22(2)18(24)10-21-15-5-3-4-13(8-15)11-23/h3-9,12,21,23H,10-11H2,1-2H3/t12-/m0/s1. The van der Waals surface area contributed by atoms with E-state index >= 15 is 0 Å². The number of aliphatic hydroxyl groups excluding tert-OH is 1. The van der Waals surface area contributed by atoms with Crippen molar-refractivity contribution in [2.45, 2.75) is 19.6 Å². The van der Waals surface area contributed by atoms with Gasteiger partial charge in [0.15, 0.2) is 11.6 Å². The number of hydrogen-bond acceptors (Lipinski definition) is 3. The number of benzene rings is 2. The summed E-state index contributed by atoms with van der Waals surface area (Å²) < 4.78 is 26.3. The molecule has 2 N–H and O–H groups in total. The zero-order valence-electron chi connectivity index (χ0n) is 13.6. The molecule has 1 amide bonds. The minimum atomic E-state index is -0.931. The third kappa shape index (κ3) is 4.29. The number of likely N-dealkylation sites (N-methyl/N-ethyl adjacent to an activating group) is 1. The molecule has 4 nitrogen and oxygen atoms in total. The first-order valence-electron chi connectivity index (χ1n) is 7.56. The van der Waals surface area contributed by atoms with Gasteiger partial charge in [0.25, 0.3) is 0 Å². The van der Waals surface area contributed by atoms with Crippen LogP contribution in [0.25, 0.3) is 0 Å². The number of anilines is 1. The lowest BCUT2D eigenvalue weighted by molar-refractivity contribution is -0.129. The molecule has 0 radical (unpaired) electrons. The maximum atomic E-state index is 13.3. The van der Waals surface area contributed by atoms with Gasteiger partial charge in [-0.25, -0.2) is 8.78 Å². The first-order chi connectivity index (χ1) is 11.4. The Labute approximate surface area is 139 Å². The lowest BCUT2D eigenvalue weighted by atomic mass is 10.1. The number of hydrogen-bond donors (Lipinski definition) is 2. The Hall–Kier alpha value is -2.47. The summed E-state index contributed by atoms with van der Waals surface area (Å²) in [5.41, 5.74) is 1.99.